The summed E-state index contributed by atoms with van der Waals surface area (Å²) in [6.45, 7) is 2.69. The molecule has 0 unspecified atom stereocenters. The van der Waals surface area contributed by atoms with Gasteiger partial charge in [0, 0.05) is 20.0 Å². The zero-order valence-corrected chi connectivity index (χ0v) is 11.5. The topological polar surface area (TPSA) is 81.4 Å². The van der Waals surface area contributed by atoms with E-state index < -0.39 is 0 Å². The van der Waals surface area contributed by atoms with Crippen LogP contribution in [-0.4, -0.2) is 36.3 Å². The van der Waals surface area contributed by atoms with E-state index in [9.17, 15) is 0 Å². The van der Waals surface area contributed by atoms with Gasteiger partial charge in [0.05, 0.1) is 12.5 Å². The largest absolute Gasteiger partial charge is 0.354 e. The van der Waals surface area contributed by atoms with E-state index in [1.54, 1.807) is 23.9 Å². The normalized spacial score (nSPS) is 11.1. The summed E-state index contributed by atoms with van der Waals surface area (Å²) in [7, 11) is 1.91. The summed E-state index contributed by atoms with van der Waals surface area (Å²) in [5, 5.41) is 13.3. The molecule has 7 nitrogen and oxygen atoms in total. The third kappa shape index (κ3) is 2.53. The molecule has 3 rings (SSSR count). The van der Waals surface area contributed by atoms with Gasteiger partial charge in [-0.05, 0) is 6.92 Å². The minimum atomic E-state index is 0.609. The molecule has 3 aromatic rings. The fourth-order valence-corrected chi connectivity index (χ4v) is 2.43. The van der Waals surface area contributed by atoms with E-state index in [0.717, 1.165) is 34.1 Å². The Balaban J connectivity index is 1.66. The van der Waals surface area contributed by atoms with Crippen molar-refractivity contribution in [3.63, 3.8) is 0 Å². The first-order chi connectivity index (χ1) is 9.22. The lowest BCUT2D eigenvalue weighted by molar-refractivity contribution is 0.910. The number of fused-ring (bicyclic) bond motifs is 1. The highest BCUT2D eigenvalue weighted by Gasteiger charge is 2.05. The number of imidazole rings is 1. The third-order valence-electron chi connectivity index (χ3n) is 2.64. The monoisotopic (exact) mass is 275 g/mol. The molecule has 0 aliphatic carbocycles. The molecule has 0 saturated heterocycles. The Morgan fingerprint density at radius 3 is 3.00 bits per heavy atom. The van der Waals surface area contributed by atoms with Gasteiger partial charge >= 0.3 is 0 Å². The first-order valence-corrected chi connectivity index (χ1v) is 6.71. The van der Waals surface area contributed by atoms with Gasteiger partial charge in [-0.3, -0.25) is 0 Å². The minimum absolute atomic E-state index is 0.609. The van der Waals surface area contributed by atoms with E-state index in [-0.39, 0.29) is 0 Å². The van der Waals surface area contributed by atoms with Crippen molar-refractivity contribution < 1.29 is 0 Å². The smallest absolute Gasteiger partial charge is 0.224 e. The van der Waals surface area contributed by atoms with E-state index in [2.05, 4.69) is 30.5 Å². The van der Waals surface area contributed by atoms with Crippen molar-refractivity contribution in [1.29, 1.82) is 0 Å². The summed E-state index contributed by atoms with van der Waals surface area (Å²) in [4.78, 5) is 12.8. The van der Waals surface area contributed by atoms with Gasteiger partial charge in [-0.25, -0.2) is 9.97 Å². The number of hydrogen-bond donors (Lipinski definition) is 1. The molecule has 0 atom stereocenters. The first kappa shape index (κ1) is 12.0. The molecule has 0 spiro atoms. The Bertz CT molecular complexity index is 702. The van der Waals surface area contributed by atoms with Crippen LogP contribution >= 0.6 is 11.3 Å². The number of anilines is 1. The standard InChI is InChI=1S/C11H13N7S/c1-7-16-17-9(19-7)3-4-12-11-13-5-8-10(15-11)18(2)6-14-8/h5-6H,3-4H2,1-2H3,(H,12,13,15). The van der Waals surface area contributed by atoms with Gasteiger partial charge in [0.25, 0.3) is 0 Å². The average molecular weight is 275 g/mol. The highest BCUT2D eigenvalue weighted by atomic mass is 32.1. The van der Waals surface area contributed by atoms with E-state index in [1.165, 1.54) is 0 Å². The summed E-state index contributed by atoms with van der Waals surface area (Å²) in [6, 6.07) is 0. The summed E-state index contributed by atoms with van der Waals surface area (Å²) >= 11 is 1.61. The summed E-state index contributed by atoms with van der Waals surface area (Å²) < 4.78 is 1.87. The number of rotatable bonds is 4. The van der Waals surface area contributed by atoms with Gasteiger partial charge < -0.3 is 9.88 Å². The van der Waals surface area contributed by atoms with Crippen molar-refractivity contribution >= 4 is 28.4 Å². The maximum Gasteiger partial charge on any atom is 0.224 e. The van der Waals surface area contributed by atoms with Crippen LogP contribution in [0.5, 0.6) is 0 Å². The number of aromatic nitrogens is 6. The maximum absolute atomic E-state index is 4.42. The summed E-state index contributed by atoms with van der Waals surface area (Å²) in [5.41, 5.74) is 1.62. The fraction of sp³-hybridized carbons (Fsp3) is 0.364. The van der Waals surface area contributed by atoms with E-state index in [1.807, 2.05) is 18.5 Å². The second-order valence-electron chi connectivity index (χ2n) is 4.15. The van der Waals surface area contributed by atoms with Crippen LogP contribution in [0.4, 0.5) is 5.95 Å². The molecular weight excluding hydrogens is 262 g/mol. The molecule has 0 bridgehead atoms. The van der Waals surface area contributed by atoms with Gasteiger partial charge in [-0.1, -0.05) is 0 Å². The van der Waals surface area contributed by atoms with E-state index in [4.69, 9.17) is 0 Å². The van der Waals surface area contributed by atoms with Gasteiger partial charge in [-0.15, -0.1) is 21.5 Å². The van der Waals surface area contributed by atoms with Crippen molar-refractivity contribution in [1.82, 2.24) is 29.7 Å². The molecular formula is C11H13N7S. The zero-order valence-electron chi connectivity index (χ0n) is 10.7. The number of nitrogens with one attached hydrogen (secondary N) is 1. The molecule has 0 saturated carbocycles. The van der Waals surface area contributed by atoms with Crippen molar-refractivity contribution in [3.8, 4) is 0 Å². The van der Waals surface area contributed by atoms with Gasteiger partial charge in [0.1, 0.15) is 15.5 Å². The lowest BCUT2D eigenvalue weighted by atomic mass is 10.4. The molecule has 0 fully saturated rings. The predicted octanol–water partition coefficient (Wildman–Crippen LogP) is 1.18. The van der Waals surface area contributed by atoms with Crippen LogP contribution in [0.25, 0.3) is 11.2 Å². The lowest BCUT2D eigenvalue weighted by Gasteiger charge is -2.03. The number of nitrogens with zero attached hydrogens (tertiary/aromatic N) is 6. The second-order valence-corrected chi connectivity index (χ2v) is 5.42. The quantitative estimate of drug-likeness (QED) is 0.770. The molecule has 8 heteroatoms. The van der Waals surface area contributed by atoms with Crippen LogP contribution in [0.15, 0.2) is 12.5 Å². The Kier molecular flexibility index (Phi) is 3.08. The van der Waals surface area contributed by atoms with Gasteiger partial charge in [-0.2, -0.15) is 4.98 Å². The Morgan fingerprint density at radius 2 is 2.21 bits per heavy atom. The summed E-state index contributed by atoms with van der Waals surface area (Å²) in [5.74, 6) is 0.609. The molecule has 0 aromatic carbocycles. The SMILES string of the molecule is Cc1nnc(CCNc2ncc3ncn(C)c3n2)s1. The minimum Gasteiger partial charge on any atom is -0.354 e. The Hall–Kier alpha value is -2.09. The number of aryl methyl sites for hydroxylation is 2. The third-order valence-corrected chi connectivity index (χ3v) is 3.54. The second kappa shape index (κ2) is 4.88. The molecule has 0 aliphatic heterocycles. The number of hydrogen-bond acceptors (Lipinski definition) is 7. The molecule has 0 aliphatic rings. The van der Waals surface area contributed by atoms with E-state index in [0.29, 0.717) is 5.95 Å². The molecule has 3 heterocycles. The van der Waals surface area contributed by atoms with Crippen molar-refractivity contribution in [2.75, 3.05) is 11.9 Å². The van der Waals surface area contributed by atoms with Crippen molar-refractivity contribution in [3.05, 3.63) is 22.5 Å². The van der Waals surface area contributed by atoms with Crippen LogP contribution in [0.1, 0.15) is 10.0 Å². The van der Waals surface area contributed by atoms with Crippen molar-refractivity contribution in [2.45, 2.75) is 13.3 Å². The van der Waals surface area contributed by atoms with E-state index >= 15 is 0 Å². The fourth-order valence-electron chi connectivity index (χ4n) is 1.73. The van der Waals surface area contributed by atoms with Crippen LogP contribution < -0.4 is 5.32 Å². The molecule has 0 radical (unpaired) electrons. The highest BCUT2D eigenvalue weighted by Crippen LogP contribution is 2.11. The Morgan fingerprint density at radius 1 is 1.32 bits per heavy atom. The average Bonchev–Trinajstić information content (AvgIpc) is 2.97. The van der Waals surface area contributed by atoms with Crippen LogP contribution in [0.2, 0.25) is 0 Å². The maximum atomic E-state index is 4.42. The first-order valence-electron chi connectivity index (χ1n) is 5.89. The van der Waals surface area contributed by atoms with Gasteiger partial charge in [0.15, 0.2) is 5.65 Å². The molecule has 19 heavy (non-hydrogen) atoms. The van der Waals surface area contributed by atoms with Crippen LogP contribution in [0.3, 0.4) is 0 Å². The predicted molar refractivity (Wildman–Crippen MR) is 73.1 cm³/mol. The molecule has 98 valence electrons. The summed E-state index contributed by atoms with van der Waals surface area (Å²) in [6.07, 6.45) is 4.27. The lowest BCUT2D eigenvalue weighted by Crippen LogP contribution is -2.08. The van der Waals surface area contributed by atoms with Gasteiger partial charge in [0.2, 0.25) is 5.95 Å². The van der Waals surface area contributed by atoms with Crippen LogP contribution in [-0.2, 0) is 13.5 Å². The van der Waals surface area contributed by atoms with Crippen molar-refractivity contribution in [2.24, 2.45) is 7.05 Å². The molecule has 1 N–H and O–H groups in total. The Labute approximate surface area is 113 Å². The zero-order chi connectivity index (χ0) is 13.2. The molecule has 0 amide bonds. The van der Waals surface area contributed by atoms with Crippen LogP contribution in [0, 0.1) is 6.92 Å². The highest BCUT2D eigenvalue weighted by molar-refractivity contribution is 7.11. The molecule has 3 aromatic heterocycles.